The van der Waals surface area contributed by atoms with Crippen LogP contribution in [-0.4, -0.2) is 27.0 Å². The minimum Gasteiger partial charge on any atom is -0.469 e. The van der Waals surface area contributed by atoms with Gasteiger partial charge in [-0.05, 0) is 31.2 Å². The normalized spacial score (nSPS) is 45.7. The molecule has 0 amide bonds. The molecule has 4 heteroatoms. The predicted molar refractivity (Wildman–Crippen MR) is 69.6 cm³/mol. The molecule has 19 heavy (non-hydrogen) atoms. The lowest BCUT2D eigenvalue weighted by atomic mass is 9.51. The van der Waals surface area contributed by atoms with Crippen molar-refractivity contribution >= 4 is 0 Å². The second-order valence-corrected chi connectivity index (χ2v) is 6.54. The summed E-state index contributed by atoms with van der Waals surface area (Å²) >= 11 is 0. The van der Waals surface area contributed by atoms with Crippen LogP contribution >= 0.6 is 0 Å². The van der Waals surface area contributed by atoms with Crippen LogP contribution in [0.15, 0.2) is 10.7 Å². The van der Waals surface area contributed by atoms with Crippen molar-refractivity contribution < 1.29 is 19.7 Å². The molecule has 0 saturated heterocycles. The zero-order chi connectivity index (χ0) is 14.0. The summed E-state index contributed by atoms with van der Waals surface area (Å²) < 4.78 is 5.47. The van der Waals surface area contributed by atoms with Gasteiger partial charge in [-0.1, -0.05) is 13.8 Å². The second-order valence-electron chi connectivity index (χ2n) is 6.54. The first-order valence-corrected chi connectivity index (χ1v) is 6.97. The Morgan fingerprint density at radius 1 is 1.32 bits per heavy atom. The van der Waals surface area contributed by atoms with E-state index in [2.05, 4.69) is 0 Å². The molecule has 1 fully saturated rings. The Balaban J connectivity index is 2.20. The van der Waals surface area contributed by atoms with Crippen molar-refractivity contribution in [2.75, 3.05) is 0 Å². The van der Waals surface area contributed by atoms with Crippen molar-refractivity contribution in [3.63, 3.8) is 0 Å². The van der Waals surface area contributed by atoms with Gasteiger partial charge in [-0.15, -0.1) is 0 Å². The van der Waals surface area contributed by atoms with E-state index in [1.54, 1.807) is 6.26 Å². The van der Waals surface area contributed by atoms with Crippen LogP contribution in [0.1, 0.15) is 49.7 Å². The fourth-order valence-electron chi connectivity index (χ4n) is 4.10. The largest absolute Gasteiger partial charge is 0.469 e. The van der Waals surface area contributed by atoms with Gasteiger partial charge in [-0.3, -0.25) is 0 Å². The minimum atomic E-state index is -1.32. The highest BCUT2D eigenvalue weighted by Gasteiger charge is 2.64. The Hall–Kier alpha value is -0.840. The summed E-state index contributed by atoms with van der Waals surface area (Å²) in [5.41, 5.74) is -0.348. The molecule has 5 atom stereocenters. The molecule has 1 aromatic heterocycles. The molecule has 1 heterocycles. The number of fused-ring (bicyclic) bond motifs is 2. The zero-order valence-electron chi connectivity index (χ0n) is 11.7. The van der Waals surface area contributed by atoms with Crippen molar-refractivity contribution in [3.8, 4) is 0 Å². The van der Waals surface area contributed by atoms with E-state index < -0.39 is 23.2 Å². The van der Waals surface area contributed by atoms with E-state index in [0.29, 0.717) is 12.2 Å². The number of aryl methyl sites for hydroxylation is 1. The monoisotopic (exact) mass is 266 g/mol. The fourth-order valence-corrected chi connectivity index (χ4v) is 4.10. The van der Waals surface area contributed by atoms with E-state index in [-0.39, 0.29) is 12.3 Å². The molecule has 0 bridgehead atoms. The van der Waals surface area contributed by atoms with E-state index in [1.807, 2.05) is 20.8 Å². The molecule has 0 unspecified atom stereocenters. The van der Waals surface area contributed by atoms with Gasteiger partial charge in [0.25, 0.3) is 0 Å². The van der Waals surface area contributed by atoms with Crippen molar-refractivity contribution in [3.05, 3.63) is 23.2 Å². The maximum Gasteiger partial charge on any atom is 0.112 e. The number of aliphatic hydroxyl groups is 3. The Morgan fingerprint density at radius 3 is 2.68 bits per heavy atom. The van der Waals surface area contributed by atoms with Crippen molar-refractivity contribution in [2.24, 2.45) is 11.3 Å². The smallest absolute Gasteiger partial charge is 0.112 e. The summed E-state index contributed by atoms with van der Waals surface area (Å²) in [7, 11) is 0. The summed E-state index contributed by atoms with van der Waals surface area (Å²) in [5.74, 6) is 0.747. The molecular weight excluding hydrogens is 244 g/mol. The second kappa shape index (κ2) is 3.84. The van der Waals surface area contributed by atoms with Gasteiger partial charge in [0.2, 0.25) is 0 Å². The summed E-state index contributed by atoms with van der Waals surface area (Å²) in [4.78, 5) is 0. The van der Waals surface area contributed by atoms with Crippen LogP contribution in [0.25, 0.3) is 0 Å². The van der Waals surface area contributed by atoms with Crippen LogP contribution in [0.3, 0.4) is 0 Å². The number of hydrogen-bond donors (Lipinski definition) is 3. The molecule has 2 aliphatic carbocycles. The lowest BCUT2D eigenvalue weighted by Gasteiger charge is -2.58. The van der Waals surface area contributed by atoms with Gasteiger partial charge in [0, 0.05) is 17.4 Å². The first-order chi connectivity index (χ1) is 8.82. The topological polar surface area (TPSA) is 73.8 Å². The van der Waals surface area contributed by atoms with E-state index in [9.17, 15) is 15.3 Å². The van der Waals surface area contributed by atoms with Gasteiger partial charge in [0.15, 0.2) is 0 Å². The van der Waals surface area contributed by atoms with Gasteiger partial charge in [0.1, 0.15) is 11.4 Å². The van der Waals surface area contributed by atoms with Crippen LogP contribution in [0.5, 0.6) is 0 Å². The lowest BCUT2D eigenvalue weighted by Crippen LogP contribution is -2.66. The van der Waals surface area contributed by atoms with Crippen LogP contribution in [-0.2, 0) is 6.42 Å². The average Bonchev–Trinajstić information content (AvgIpc) is 2.72. The third-order valence-corrected chi connectivity index (χ3v) is 5.76. The number of furan rings is 1. The Labute approximate surface area is 113 Å². The first kappa shape index (κ1) is 13.2. The number of rotatable bonds is 0. The number of hydrogen-bond acceptors (Lipinski definition) is 4. The molecule has 0 spiro atoms. The first-order valence-electron chi connectivity index (χ1n) is 6.97. The molecule has 0 aliphatic heterocycles. The standard InChI is InChI=1S/C15H22O4/c1-8-7-19-10-6-15(18)11(16)5-4-9(2)14(15,3)13(17)12(8)10/h7,9,11,13,16-18H,4-6H2,1-3H3/t9-,11-,13+,14-,15+/m0/s1. The SMILES string of the molecule is Cc1coc2c1[C@@H](O)[C@]1(C)[C@@H](C)CC[C@H](O)[C@]1(O)C2. The predicted octanol–water partition coefficient (Wildman–Crippen LogP) is 1.71. The van der Waals surface area contributed by atoms with Crippen LogP contribution in [0, 0.1) is 18.3 Å². The highest BCUT2D eigenvalue weighted by molar-refractivity contribution is 5.37. The van der Waals surface area contributed by atoms with Gasteiger partial charge in [-0.2, -0.15) is 0 Å². The van der Waals surface area contributed by atoms with Crippen molar-refractivity contribution in [1.29, 1.82) is 0 Å². The van der Waals surface area contributed by atoms with Crippen molar-refractivity contribution in [1.82, 2.24) is 0 Å². The summed E-state index contributed by atoms with van der Waals surface area (Å²) in [6.45, 7) is 5.84. The fraction of sp³-hybridized carbons (Fsp3) is 0.733. The number of aliphatic hydroxyl groups excluding tert-OH is 2. The quantitative estimate of drug-likeness (QED) is 0.668. The van der Waals surface area contributed by atoms with Gasteiger partial charge >= 0.3 is 0 Å². The molecule has 3 rings (SSSR count). The molecule has 0 radical (unpaired) electrons. The molecular formula is C15H22O4. The van der Waals surface area contributed by atoms with Gasteiger partial charge < -0.3 is 19.7 Å². The van der Waals surface area contributed by atoms with Crippen LogP contribution < -0.4 is 0 Å². The minimum absolute atomic E-state index is 0.137. The third-order valence-electron chi connectivity index (χ3n) is 5.76. The average molecular weight is 266 g/mol. The summed E-state index contributed by atoms with van der Waals surface area (Å²) in [6.07, 6.45) is 1.65. The molecule has 2 aliphatic rings. The molecule has 1 saturated carbocycles. The van der Waals surface area contributed by atoms with Crippen LogP contribution in [0.2, 0.25) is 0 Å². The molecule has 106 valence electrons. The van der Waals surface area contributed by atoms with E-state index in [0.717, 1.165) is 17.5 Å². The van der Waals surface area contributed by atoms with E-state index >= 15 is 0 Å². The van der Waals surface area contributed by atoms with Gasteiger partial charge in [-0.25, -0.2) is 0 Å². The molecule has 4 nitrogen and oxygen atoms in total. The van der Waals surface area contributed by atoms with E-state index in [4.69, 9.17) is 4.42 Å². The lowest BCUT2D eigenvalue weighted by molar-refractivity contribution is -0.242. The molecule has 1 aromatic rings. The Kier molecular flexibility index (Phi) is 2.66. The van der Waals surface area contributed by atoms with Crippen molar-refractivity contribution in [2.45, 2.75) is 57.8 Å². The third kappa shape index (κ3) is 1.40. The van der Waals surface area contributed by atoms with E-state index in [1.165, 1.54) is 0 Å². The summed E-state index contributed by atoms with van der Waals surface area (Å²) in [6, 6.07) is 0. The Bertz CT molecular complexity index is 508. The maximum atomic E-state index is 11.0. The Morgan fingerprint density at radius 2 is 2.00 bits per heavy atom. The highest BCUT2D eigenvalue weighted by atomic mass is 16.4. The van der Waals surface area contributed by atoms with Gasteiger partial charge in [0.05, 0.1) is 18.5 Å². The van der Waals surface area contributed by atoms with Crippen LogP contribution in [0.4, 0.5) is 0 Å². The summed E-state index contributed by atoms with van der Waals surface area (Å²) in [5, 5.41) is 32.1. The maximum absolute atomic E-state index is 11.0. The highest BCUT2D eigenvalue weighted by Crippen LogP contribution is 2.59. The molecule has 0 aromatic carbocycles. The molecule has 3 N–H and O–H groups in total. The zero-order valence-corrected chi connectivity index (χ0v) is 11.7.